The first-order chi connectivity index (χ1) is 13.0. The molecule has 0 aliphatic rings. The van der Waals surface area contributed by atoms with Crippen LogP contribution in [-0.2, 0) is 6.61 Å². The Balaban J connectivity index is 1.71. The molecule has 0 spiro atoms. The van der Waals surface area contributed by atoms with Gasteiger partial charge in [0.2, 0.25) is 0 Å². The van der Waals surface area contributed by atoms with Crippen LogP contribution in [0, 0.1) is 0 Å². The molecule has 1 amide bonds. The van der Waals surface area contributed by atoms with Crippen molar-refractivity contribution in [2.45, 2.75) is 6.61 Å². The van der Waals surface area contributed by atoms with Crippen molar-refractivity contribution < 1.29 is 14.3 Å². The van der Waals surface area contributed by atoms with E-state index in [4.69, 9.17) is 21.1 Å². The number of nitrogens with one attached hydrogen (secondary N) is 1. The summed E-state index contributed by atoms with van der Waals surface area (Å²) in [6.07, 6.45) is 0. The minimum atomic E-state index is -0.226. The van der Waals surface area contributed by atoms with Crippen LogP contribution in [0.2, 0.25) is 5.02 Å². The highest BCUT2D eigenvalue weighted by Gasteiger charge is 2.12. The molecule has 6 heteroatoms. The van der Waals surface area contributed by atoms with E-state index in [0.717, 1.165) is 10.0 Å². The van der Waals surface area contributed by atoms with Gasteiger partial charge in [0.1, 0.15) is 6.61 Å². The molecule has 0 heterocycles. The molecule has 27 heavy (non-hydrogen) atoms. The average Bonchev–Trinajstić information content (AvgIpc) is 2.67. The van der Waals surface area contributed by atoms with E-state index in [-0.39, 0.29) is 5.91 Å². The highest BCUT2D eigenvalue weighted by Crippen LogP contribution is 2.29. The van der Waals surface area contributed by atoms with Crippen LogP contribution in [0.3, 0.4) is 0 Å². The summed E-state index contributed by atoms with van der Waals surface area (Å²) in [5.74, 6) is 0.827. The van der Waals surface area contributed by atoms with Crippen LogP contribution in [-0.4, -0.2) is 13.0 Å². The topological polar surface area (TPSA) is 47.6 Å². The fourth-order valence-corrected chi connectivity index (χ4v) is 2.96. The highest BCUT2D eigenvalue weighted by molar-refractivity contribution is 9.10. The van der Waals surface area contributed by atoms with E-state index < -0.39 is 0 Å². The molecule has 0 aliphatic heterocycles. The first-order valence-corrected chi connectivity index (χ1v) is 9.34. The van der Waals surface area contributed by atoms with Gasteiger partial charge in [-0.2, -0.15) is 0 Å². The minimum absolute atomic E-state index is 0.226. The van der Waals surface area contributed by atoms with E-state index in [9.17, 15) is 4.79 Å². The normalized spacial score (nSPS) is 10.3. The highest BCUT2D eigenvalue weighted by atomic mass is 79.9. The Labute approximate surface area is 171 Å². The van der Waals surface area contributed by atoms with Crippen LogP contribution in [0.15, 0.2) is 71.2 Å². The van der Waals surface area contributed by atoms with Crippen molar-refractivity contribution in [3.05, 3.63) is 87.4 Å². The first kappa shape index (κ1) is 19.3. The monoisotopic (exact) mass is 445 g/mol. The number of halogens is 2. The summed E-state index contributed by atoms with van der Waals surface area (Å²) in [7, 11) is 1.54. The number of methoxy groups -OCH3 is 1. The standard InChI is InChI=1S/C21H17BrClNO3/c1-26-20-11-15(21(25)24-18-4-2-3-16(22)12-18)7-10-19(20)27-13-14-5-8-17(23)9-6-14/h2-12H,13H2,1H3,(H,24,25). The van der Waals surface area contributed by atoms with E-state index in [1.54, 1.807) is 25.3 Å². The summed E-state index contributed by atoms with van der Waals surface area (Å²) in [5, 5.41) is 3.53. The van der Waals surface area contributed by atoms with Gasteiger partial charge in [-0.25, -0.2) is 0 Å². The maximum Gasteiger partial charge on any atom is 0.255 e. The van der Waals surface area contributed by atoms with E-state index in [2.05, 4.69) is 21.2 Å². The SMILES string of the molecule is COc1cc(C(=O)Nc2cccc(Br)c2)ccc1OCc1ccc(Cl)cc1. The zero-order chi connectivity index (χ0) is 19.2. The quantitative estimate of drug-likeness (QED) is 0.509. The van der Waals surface area contributed by atoms with Crippen molar-refractivity contribution in [2.75, 3.05) is 12.4 Å². The van der Waals surface area contributed by atoms with Gasteiger partial charge < -0.3 is 14.8 Å². The lowest BCUT2D eigenvalue weighted by molar-refractivity contribution is 0.102. The van der Waals surface area contributed by atoms with Crippen LogP contribution in [0.5, 0.6) is 11.5 Å². The largest absolute Gasteiger partial charge is 0.493 e. The molecule has 3 rings (SSSR count). The van der Waals surface area contributed by atoms with Crippen LogP contribution in [0.1, 0.15) is 15.9 Å². The summed E-state index contributed by atoms with van der Waals surface area (Å²) < 4.78 is 12.1. The third kappa shape index (κ3) is 5.25. The maximum atomic E-state index is 12.5. The molecular formula is C21H17BrClNO3. The third-order valence-electron chi connectivity index (χ3n) is 3.82. The van der Waals surface area contributed by atoms with Crippen molar-refractivity contribution in [3.63, 3.8) is 0 Å². The van der Waals surface area contributed by atoms with E-state index in [0.29, 0.717) is 34.4 Å². The van der Waals surface area contributed by atoms with Gasteiger partial charge in [0.05, 0.1) is 7.11 Å². The van der Waals surface area contributed by atoms with Crippen molar-refractivity contribution in [3.8, 4) is 11.5 Å². The van der Waals surface area contributed by atoms with Gasteiger partial charge in [-0.3, -0.25) is 4.79 Å². The number of hydrogen-bond acceptors (Lipinski definition) is 3. The Morgan fingerprint density at radius 1 is 1.04 bits per heavy atom. The molecule has 3 aromatic rings. The lowest BCUT2D eigenvalue weighted by Crippen LogP contribution is -2.12. The molecule has 0 bridgehead atoms. The molecule has 3 aromatic carbocycles. The molecule has 0 aliphatic carbocycles. The first-order valence-electron chi connectivity index (χ1n) is 8.17. The minimum Gasteiger partial charge on any atom is -0.493 e. The van der Waals surface area contributed by atoms with Crippen LogP contribution < -0.4 is 14.8 Å². The smallest absolute Gasteiger partial charge is 0.255 e. The lowest BCUT2D eigenvalue weighted by Gasteiger charge is -2.12. The van der Waals surface area contributed by atoms with Crippen LogP contribution >= 0.6 is 27.5 Å². The zero-order valence-electron chi connectivity index (χ0n) is 14.5. The average molecular weight is 447 g/mol. The predicted molar refractivity (Wildman–Crippen MR) is 111 cm³/mol. The summed E-state index contributed by atoms with van der Waals surface area (Å²) in [6.45, 7) is 0.372. The molecule has 0 aromatic heterocycles. The van der Waals surface area contributed by atoms with Gasteiger partial charge in [0.15, 0.2) is 11.5 Å². The molecular weight excluding hydrogens is 430 g/mol. The molecule has 138 valence electrons. The second-order valence-corrected chi connectivity index (χ2v) is 7.10. The molecule has 1 N–H and O–H groups in total. The van der Waals surface area contributed by atoms with Gasteiger partial charge in [0.25, 0.3) is 5.91 Å². The summed E-state index contributed by atoms with van der Waals surface area (Å²) in [4.78, 5) is 12.5. The van der Waals surface area contributed by atoms with Crippen molar-refractivity contribution in [1.29, 1.82) is 0 Å². The Bertz CT molecular complexity index is 944. The van der Waals surface area contributed by atoms with Crippen LogP contribution in [0.4, 0.5) is 5.69 Å². The maximum absolute atomic E-state index is 12.5. The number of carbonyl (C=O) groups is 1. The number of anilines is 1. The molecule has 0 unspecified atom stereocenters. The van der Waals surface area contributed by atoms with Crippen LogP contribution in [0.25, 0.3) is 0 Å². The van der Waals surface area contributed by atoms with Gasteiger partial charge in [-0.05, 0) is 54.1 Å². The Morgan fingerprint density at radius 3 is 2.52 bits per heavy atom. The predicted octanol–water partition coefficient (Wildman–Crippen LogP) is 5.94. The van der Waals surface area contributed by atoms with E-state index in [1.807, 2.05) is 48.5 Å². The molecule has 0 radical (unpaired) electrons. The number of carbonyl (C=O) groups excluding carboxylic acids is 1. The fraction of sp³-hybridized carbons (Fsp3) is 0.0952. The van der Waals surface area contributed by atoms with Gasteiger partial charge in [-0.1, -0.05) is 45.7 Å². The zero-order valence-corrected chi connectivity index (χ0v) is 16.9. The number of benzene rings is 3. The molecule has 0 fully saturated rings. The van der Waals surface area contributed by atoms with Crippen molar-refractivity contribution in [1.82, 2.24) is 0 Å². The third-order valence-corrected chi connectivity index (χ3v) is 4.56. The molecule has 0 atom stereocenters. The van der Waals surface area contributed by atoms with E-state index >= 15 is 0 Å². The second kappa shape index (κ2) is 8.93. The Hall–Kier alpha value is -2.50. The number of ether oxygens (including phenoxy) is 2. The van der Waals surface area contributed by atoms with E-state index in [1.165, 1.54) is 0 Å². The number of hydrogen-bond donors (Lipinski definition) is 1. The summed E-state index contributed by atoms with van der Waals surface area (Å²) in [6, 6.07) is 19.9. The lowest BCUT2D eigenvalue weighted by atomic mass is 10.1. The second-order valence-electron chi connectivity index (χ2n) is 5.75. The fourth-order valence-electron chi connectivity index (χ4n) is 2.44. The summed E-state index contributed by atoms with van der Waals surface area (Å²) >= 11 is 9.27. The Kier molecular flexibility index (Phi) is 6.37. The van der Waals surface area contributed by atoms with Crippen molar-refractivity contribution >= 4 is 39.1 Å². The molecule has 4 nitrogen and oxygen atoms in total. The summed E-state index contributed by atoms with van der Waals surface area (Å²) in [5.41, 5.74) is 2.17. The number of amides is 1. The van der Waals surface area contributed by atoms with Gasteiger partial charge >= 0.3 is 0 Å². The van der Waals surface area contributed by atoms with Crippen molar-refractivity contribution in [2.24, 2.45) is 0 Å². The molecule has 0 saturated heterocycles. The van der Waals surface area contributed by atoms with Gasteiger partial charge in [-0.15, -0.1) is 0 Å². The number of rotatable bonds is 6. The van der Waals surface area contributed by atoms with Gasteiger partial charge in [0, 0.05) is 20.7 Å². The molecule has 0 saturated carbocycles. The Morgan fingerprint density at radius 2 is 1.81 bits per heavy atom.